The fourth-order valence-electron chi connectivity index (χ4n) is 4.56. The fraction of sp³-hybridized carbons (Fsp3) is 0.333. The predicted molar refractivity (Wildman–Crippen MR) is 120 cm³/mol. The van der Waals surface area contributed by atoms with Gasteiger partial charge in [0.2, 0.25) is 0 Å². The van der Waals surface area contributed by atoms with Crippen LogP contribution < -0.4 is 15.2 Å². The topological polar surface area (TPSA) is 81.9 Å². The van der Waals surface area contributed by atoms with Gasteiger partial charge in [0.05, 0.1) is 4.88 Å². The molecule has 6 nitrogen and oxygen atoms in total. The minimum atomic E-state index is -0.406. The zero-order chi connectivity index (χ0) is 21.4. The molecule has 2 aliphatic heterocycles. The van der Waals surface area contributed by atoms with Crippen LogP contribution in [0, 0.1) is 0 Å². The van der Waals surface area contributed by atoms with Crippen LogP contribution in [0.2, 0.25) is 0 Å². The van der Waals surface area contributed by atoms with E-state index in [1.165, 1.54) is 11.3 Å². The Balaban J connectivity index is 1.45. The molecule has 1 saturated heterocycles. The molecular weight excluding hydrogens is 412 g/mol. The third-order valence-electron chi connectivity index (χ3n) is 6.04. The number of nitrogens with two attached hydrogens (primary N) is 1. The second-order valence-corrected chi connectivity index (χ2v) is 9.03. The Hall–Kier alpha value is -3.06. The maximum absolute atomic E-state index is 13.4. The number of thiophene rings is 1. The van der Waals surface area contributed by atoms with Crippen molar-refractivity contribution in [3.8, 4) is 11.5 Å². The lowest BCUT2D eigenvalue weighted by molar-refractivity contribution is 0.0613. The maximum Gasteiger partial charge on any atom is 0.259 e. The Morgan fingerprint density at radius 2 is 1.87 bits per heavy atom. The van der Waals surface area contributed by atoms with Gasteiger partial charge < -0.3 is 20.1 Å². The van der Waals surface area contributed by atoms with E-state index in [1.807, 2.05) is 29.2 Å². The number of benzene rings is 2. The van der Waals surface area contributed by atoms with Gasteiger partial charge in [0.25, 0.3) is 11.8 Å². The largest absolute Gasteiger partial charge is 0.486 e. The molecule has 1 fully saturated rings. The summed E-state index contributed by atoms with van der Waals surface area (Å²) < 4.78 is 12.3. The van der Waals surface area contributed by atoms with Crippen molar-refractivity contribution in [3.05, 3.63) is 58.5 Å². The molecule has 0 spiro atoms. The van der Waals surface area contributed by atoms with Gasteiger partial charge in [0.1, 0.15) is 13.2 Å². The van der Waals surface area contributed by atoms with Gasteiger partial charge in [-0.1, -0.05) is 18.2 Å². The van der Waals surface area contributed by atoms with Gasteiger partial charge in [-0.2, -0.15) is 0 Å². The zero-order valence-electron chi connectivity index (χ0n) is 17.1. The molecule has 2 aromatic carbocycles. The van der Waals surface area contributed by atoms with Crippen molar-refractivity contribution in [1.29, 1.82) is 0 Å². The number of rotatable bonds is 4. The summed E-state index contributed by atoms with van der Waals surface area (Å²) in [6.07, 6.45) is 3.56. The van der Waals surface area contributed by atoms with Gasteiger partial charge in [0.15, 0.2) is 11.5 Å². The highest BCUT2D eigenvalue weighted by Gasteiger charge is 2.30. The van der Waals surface area contributed by atoms with Crippen LogP contribution in [0.3, 0.4) is 0 Å². The third kappa shape index (κ3) is 3.74. The second kappa shape index (κ2) is 8.23. The molecule has 1 atom stereocenters. The number of hydrogen-bond acceptors (Lipinski definition) is 5. The molecule has 0 bridgehead atoms. The first kappa shape index (κ1) is 19.9. The summed E-state index contributed by atoms with van der Waals surface area (Å²) in [5, 5.41) is 1.05. The van der Waals surface area contributed by atoms with Crippen molar-refractivity contribution in [2.24, 2.45) is 5.73 Å². The molecule has 0 unspecified atom stereocenters. The van der Waals surface area contributed by atoms with E-state index in [9.17, 15) is 9.59 Å². The first-order valence-electron chi connectivity index (χ1n) is 10.6. The van der Waals surface area contributed by atoms with Crippen molar-refractivity contribution in [2.45, 2.75) is 31.7 Å². The van der Waals surface area contributed by atoms with Gasteiger partial charge >= 0.3 is 0 Å². The van der Waals surface area contributed by atoms with Gasteiger partial charge in [-0.25, -0.2) is 0 Å². The monoisotopic (exact) mass is 436 g/mol. The number of nitrogens with zero attached hydrogens (tertiary/aromatic N) is 1. The van der Waals surface area contributed by atoms with E-state index >= 15 is 0 Å². The normalized spacial score (nSPS) is 18.2. The van der Waals surface area contributed by atoms with E-state index in [1.54, 1.807) is 18.2 Å². The molecular formula is C24H24N2O4S. The van der Waals surface area contributed by atoms with Gasteiger partial charge in [-0.05, 0) is 60.9 Å². The van der Waals surface area contributed by atoms with Gasteiger partial charge in [-0.15, -0.1) is 11.3 Å². The van der Waals surface area contributed by atoms with Crippen LogP contribution >= 0.6 is 11.3 Å². The van der Waals surface area contributed by atoms with Crippen LogP contribution in [0.1, 0.15) is 44.9 Å². The molecule has 31 heavy (non-hydrogen) atoms. The van der Waals surface area contributed by atoms with Crippen LogP contribution in [0.25, 0.3) is 10.1 Å². The van der Waals surface area contributed by atoms with Crippen molar-refractivity contribution in [2.75, 3.05) is 19.8 Å². The summed E-state index contributed by atoms with van der Waals surface area (Å²) in [5.74, 6) is 0.873. The number of hydrogen-bond donors (Lipinski definition) is 1. The summed E-state index contributed by atoms with van der Waals surface area (Å²) >= 11 is 1.43. The highest BCUT2D eigenvalue weighted by atomic mass is 32.1. The van der Waals surface area contributed by atoms with Crippen LogP contribution in [-0.2, 0) is 6.42 Å². The minimum Gasteiger partial charge on any atom is -0.486 e. The fourth-order valence-corrected chi connectivity index (χ4v) is 5.64. The van der Waals surface area contributed by atoms with Crippen molar-refractivity contribution in [3.63, 3.8) is 0 Å². The zero-order valence-corrected chi connectivity index (χ0v) is 18.0. The van der Waals surface area contributed by atoms with Crippen LogP contribution in [0.15, 0.2) is 42.5 Å². The minimum absolute atomic E-state index is 0.0122. The lowest BCUT2D eigenvalue weighted by Gasteiger charge is -2.36. The molecule has 160 valence electrons. The summed E-state index contributed by atoms with van der Waals surface area (Å²) in [6, 6.07) is 13.4. The number of fused-ring (bicyclic) bond motifs is 2. The van der Waals surface area contributed by atoms with E-state index in [0.717, 1.165) is 34.9 Å². The van der Waals surface area contributed by atoms with Crippen LogP contribution in [0.4, 0.5) is 0 Å². The Morgan fingerprint density at radius 3 is 2.71 bits per heavy atom. The Morgan fingerprint density at radius 1 is 1.06 bits per heavy atom. The Labute approximate surface area is 184 Å². The Kier molecular flexibility index (Phi) is 5.28. The van der Waals surface area contributed by atoms with E-state index in [4.69, 9.17) is 15.2 Å². The first-order valence-corrected chi connectivity index (χ1v) is 11.4. The lowest BCUT2D eigenvalue weighted by Crippen LogP contribution is -2.45. The molecule has 2 amide bonds. The third-order valence-corrected chi connectivity index (χ3v) is 7.27. The molecule has 0 aliphatic carbocycles. The highest BCUT2D eigenvalue weighted by Crippen LogP contribution is 2.35. The molecule has 3 aromatic rings. The molecule has 1 aromatic heterocycles. The lowest BCUT2D eigenvalue weighted by atomic mass is 9.93. The van der Waals surface area contributed by atoms with E-state index < -0.39 is 5.91 Å². The quantitative estimate of drug-likeness (QED) is 0.670. The van der Waals surface area contributed by atoms with Crippen LogP contribution in [-0.4, -0.2) is 42.5 Å². The highest BCUT2D eigenvalue weighted by molar-refractivity contribution is 7.21. The van der Waals surface area contributed by atoms with E-state index in [2.05, 4.69) is 0 Å². The predicted octanol–water partition coefficient (Wildman–Crippen LogP) is 4.01. The summed E-state index contributed by atoms with van der Waals surface area (Å²) in [4.78, 5) is 28.1. The molecule has 0 radical (unpaired) electrons. The summed E-state index contributed by atoms with van der Waals surface area (Å²) in [5.41, 5.74) is 7.26. The number of carbonyl (C=O) groups is 2. The summed E-state index contributed by atoms with van der Waals surface area (Å²) in [6.45, 7) is 1.70. The molecule has 3 heterocycles. The van der Waals surface area contributed by atoms with Crippen molar-refractivity contribution >= 4 is 33.2 Å². The second-order valence-electron chi connectivity index (χ2n) is 7.98. The molecule has 2 aliphatic rings. The molecule has 5 rings (SSSR count). The SMILES string of the molecule is NC(=O)c1sc2ccccc2c1C[C@H]1CCCCN1C(=O)c1ccc2c(c1)OCCO2. The van der Waals surface area contributed by atoms with E-state index in [-0.39, 0.29) is 11.9 Å². The van der Waals surface area contributed by atoms with Gasteiger partial charge in [-0.3, -0.25) is 9.59 Å². The standard InChI is InChI=1S/C24H24N2O4S/c25-23(27)22-18(17-6-1-2-7-21(17)31-22)14-16-5-3-4-10-26(16)24(28)15-8-9-19-20(13-15)30-12-11-29-19/h1-2,6-9,13,16H,3-5,10-12,14H2,(H2,25,27)/t16-/m1/s1. The smallest absolute Gasteiger partial charge is 0.259 e. The molecule has 7 heteroatoms. The van der Waals surface area contributed by atoms with Crippen LogP contribution in [0.5, 0.6) is 11.5 Å². The van der Waals surface area contributed by atoms with Crippen molar-refractivity contribution < 1.29 is 19.1 Å². The summed E-state index contributed by atoms with van der Waals surface area (Å²) in [7, 11) is 0. The Bertz CT molecular complexity index is 1160. The number of piperidine rings is 1. The number of primary amides is 1. The number of ether oxygens (including phenoxy) is 2. The molecule has 0 saturated carbocycles. The first-order chi connectivity index (χ1) is 15.1. The number of likely N-dealkylation sites (tertiary alicyclic amines) is 1. The van der Waals surface area contributed by atoms with E-state index in [0.29, 0.717) is 48.1 Å². The number of carbonyl (C=O) groups excluding carboxylic acids is 2. The average Bonchev–Trinajstić information content (AvgIpc) is 3.17. The van der Waals surface area contributed by atoms with Crippen molar-refractivity contribution in [1.82, 2.24) is 4.90 Å². The molecule has 2 N–H and O–H groups in total. The van der Waals surface area contributed by atoms with Gasteiger partial charge in [0, 0.05) is 22.8 Å². The maximum atomic E-state index is 13.4. The average molecular weight is 437 g/mol. The number of amides is 2.